The Labute approximate surface area is 82.7 Å². The van der Waals surface area contributed by atoms with Crippen molar-refractivity contribution in [2.45, 2.75) is 53.4 Å². The van der Waals surface area contributed by atoms with Crippen molar-refractivity contribution in [2.24, 2.45) is 5.92 Å². The Hall–Kier alpha value is -0.530. The first-order chi connectivity index (χ1) is 6.26. The molecule has 0 aromatic carbocycles. The van der Waals surface area contributed by atoms with E-state index in [0.29, 0.717) is 0 Å². The van der Waals surface area contributed by atoms with Crippen molar-refractivity contribution in [1.29, 1.82) is 0 Å². The van der Waals surface area contributed by atoms with Crippen LogP contribution >= 0.6 is 0 Å². The fourth-order valence-electron chi connectivity index (χ4n) is 1.24. The predicted molar refractivity (Wildman–Crippen MR) is 56.7 cm³/mol. The highest BCUT2D eigenvalue weighted by atomic mass is 16.5. The Bertz CT molecular complexity index is 105. The van der Waals surface area contributed by atoms with Crippen molar-refractivity contribution in [3.63, 3.8) is 0 Å². The molecule has 0 aliphatic heterocycles. The van der Waals surface area contributed by atoms with Gasteiger partial charge in [0.2, 0.25) is 0 Å². The molecule has 0 heterocycles. The van der Waals surface area contributed by atoms with Crippen molar-refractivity contribution >= 4 is 5.97 Å². The fourth-order valence-corrected chi connectivity index (χ4v) is 1.24. The first-order valence-electron chi connectivity index (χ1n) is 5.34. The maximum absolute atomic E-state index is 11.1. The van der Waals surface area contributed by atoms with Gasteiger partial charge in [-0.2, -0.15) is 0 Å². The van der Waals surface area contributed by atoms with Crippen molar-refractivity contribution < 1.29 is 9.53 Å². The van der Waals surface area contributed by atoms with E-state index < -0.39 is 0 Å². The number of carbonyl (C=O) groups is 1. The fraction of sp³-hybridized carbons (Fsp3) is 0.909. The number of hydrogen-bond donors (Lipinski definition) is 0. The molecule has 0 aromatic rings. The van der Waals surface area contributed by atoms with Gasteiger partial charge in [0.05, 0.1) is 13.0 Å². The van der Waals surface area contributed by atoms with Gasteiger partial charge in [-0.05, 0) is 12.8 Å². The van der Waals surface area contributed by atoms with E-state index in [1.807, 2.05) is 13.8 Å². The number of hydrogen-bond acceptors (Lipinski definition) is 2. The highest BCUT2D eigenvalue weighted by Crippen LogP contribution is 2.14. The Morgan fingerprint density at radius 1 is 1.15 bits per heavy atom. The highest BCUT2D eigenvalue weighted by molar-refractivity contribution is 5.72. The molecular weight excluding hydrogens is 164 g/mol. The van der Waals surface area contributed by atoms with E-state index in [4.69, 9.17) is 0 Å². The van der Waals surface area contributed by atoms with Crippen LogP contribution < -0.4 is 0 Å². The van der Waals surface area contributed by atoms with Crippen molar-refractivity contribution in [1.82, 2.24) is 0 Å². The minimum atomic E-state index is -0.0475. The zero-order valence-electron chi connectivity index (χ0n) is 9.72. The van der Waals surface area contributed by atoms with Gasteiger partial charge < -0.3 is 4.74 Å². The molecule has 0 bridgehead atoms. The zero-order chi connectivity index (χ0) is 10.7. The maximum atomic E-state index is 11.1. The normalized spacial score (nSPS) is 9.08. The predicted octanol–water partition coefficient (Wildman–Crippen LogP) is 3.40. The molecule has 2 nitrogen and oxygen atoms in total. The molecule has 0 aliphatic rings. The Kier molecular flexibility index (Phi) is 13.2. The third-order valence-electron chi connectivity index (χ3n) is 1.81. The third-order valence-corrected chi connectivity index (χ3v) is 1.81. The molecule has 0 atom stereocenters. The average Bonchev–Trinajstić information content (AvgIpc) is 2.19. The molecular formula is C11H24O2. The summed E-state index contributed by atoms with van der Waals surface area (Å²) < 4.78 is 4.68. The molecule has 0 saturated carbocycles. The lowest BCUT2D eigenvalue weighted by atomic mass is 9.99. The third kappa shape index (κ3) is 7.82. The molecule has 0 fully saturated rings. The summed E-state index contributed by atoms with van der Waals surface area (Å²) in [5.74, 6) is 0.0868. The zero-order valence-corrected chi connectivity index (χ0v) is 9.72. The lowest BCUT2D eigenvalue weighted by Crippen LogP contribution is -2.15. The van der Waals surface area contributed by atoms with E-state index in [1.165, 1.54) is 7.11 Å². The van der Waals surface area contributed by atoms with E-state index >= 15 is 0 Å². The van der Waals surface area contributed by atoms with Gasteiger partial charge in [-0.25, -0.2) is 0 Å². The van der Waals surface area contributed by atoms with E-state index in [1.54, 1.807) is 0 Å². The topological polar surface area (TPSA) is 26.3 Å². The maximum Gasteiger partial charge on any atom is 0.308 e. The van der Waals surface area contributed by atoms with Crippen LogP contribution in [0.1, 0.15) is 53.4 Å². The molecule has 0 spiro atoms. The summed E-state index contributed by atoms with van der Waals surface area (Å²) >= 11 is 0. The van der Waals surface area contributed by atoms with Gasteiger partial charge >= 0.3 is 5.97 Å². The van der Waals surface area contributed by atoms with E-state index in [9.17, 15) is 4.79 Å². The number of esters is 1. The molecule has 0 radical (unpaired) electrons. The SMILES string of the molecule is CC.CCCC(CCC)C(=O)OC. The second-order valence-electron chi connectivity index (χ2n) is 2.80. The monoisotopic (exact) mass is 188 g/mol. The molecule has 0 saturated heterocycles. The smallest absolute Gasteiger partial charge is 0.308 e. The number of carbonyl (C=O) groups excluding carboxylic acids is 1. The van der Waals surface area contributed by atoms with Crippen molar-refractivity contribution in [3.05, 3.63) is 0 Å². The van der Waals surface area contributed by atoms with Crippen LogP contribution in [0.4, 0.5) is 0 Å². The van der Waals surface area contributed by atoms with Crippen LogP contribution in [0.2, 0.25) is 0 Å². The minimum absolute atomic E-state index is 0.0475. The van der Waals surface area contributed by atoms with Crippen LogP contribution in [0.25, 0.3) is 0 Å². The van der Waals surface area contributed by atoms with Crippen LogP contribution in [0.3, 0.4) is 0 Å². The minimum Gasteiger partial charge on any atom is -0.469 e. The average molecular weight is 188 g/mol. The second kappa shape index (κ2) is 11.5. The summed E-state index contributed by atoms with van der Waals surface area (Å²) in [5, 5.41) is 0. The molecule has 0 aliphatic carbocycles. The highest BCUT2D eigenvalue weighted by Gasteiger charge is 2.15. The summed E-state index contributed by atoms with van der Waals surface area (Å²) in [4.78, 5) is 11.1. The summed E-state index contributed by atoms with van der Waals surface area (Å²) in [5.41, 5.74) is 0. The lowest BCUT2D eigenvalue weighted by molar-refractivity contribution is -0.145. The Morgan fingerprint density at radius 2 is 1.54 bits per heavy atom. The van der Waals surface area contributed by atoms with Crippen LogP contribution in [-0.4, -0.2) is 13.1 Å². The summed E-state index contributed by atoms with van der Waals surface area (Å²) in [6, 6.07) is 0. The van der Waals surface area contributed by atoms with Crippen molar-refractivity contribution in [2.75, 3.05) is 7.11 Å². The summed E-state index contributed by atoms with van der Waals surface area (Å²) in [7, 11) is 1.46. The van der Waals surface area contributed by atoms with Crippen LogP contribution in [0.5, 0.6) is 0 Å². The molecule has 0 N–H and O–H groups in total. The molecule has 80 valence electrons. The number of methoxy groups -OCH3 is 1. The summed E-state index contributed by atoms with van der Waals surface area (Å²) in [6.07, 6.45) is 4.03. The van der Waals surface area contributed by atoms with E-state index in [0.717, 1.165) is 25.7 Å². The first kappa shape index (κ1) is 15.0. The number of rotatable bonds is 5. The van der Waals surface area contributed by atoms with E-state index in [-0.39, 0.29) is 11.9 Å². The van der Waals surface area contributed by atoms with Crippen molar-refractivity contribution in [3.8, 4) is 0 Å². The van der Waals surface area contributed by atoms with Gasteiger partial charge in [-0.3, -0.25) is 4.79 Å². The molecule has 0 rings (SSSR count). The van der Waals surface area contributed by atoms with Crippen LogP contribution in [0, 0.1) is 5.92 Å². The standard InChI is InChI=1S/C9H18O2.C2H6/c1-4-6-8(7-5-2)9(10)11-3;1-2/h8H,4-7H2,1-3H3;1-2H3. The van der Waals surface area contributed by atoms with Gasteiger partial charge in [0.15, 0.2) is 0 Å². The van der Waals surface area contributed by atoms with Gasteiger partial charge in [-0.1, -0.05) is 40.5 Å². The first-order valence-corrected chi connectivity index (χ1v) is 5.34. The van der Waals surface area contributed by atoms with Gasteiger partial charge in [0.1, 0.15) is 0 Å². The number of ether oxygens (including phenoxy) is 1. The van der Waals surface area contributed by atoms with E-state index in [2.05, 4.69) is 18.6 Å². The summed E-state index contributed by atoms with van der Waals surface area (Å²) in [6.45, 7) is 8.18. The van der Waals surface area contributed by atoms with Gasteiger partial charge in [-0.15, -0.1) is 0 Å². The second-order valence-corrected chi connectivity index (χ2v) is 2.80. The molecule has 13 heavy (non-hydrogen) atoms. The molecule has 0 aromatic heterocycles. The van der Waals surface area contributed by atoms with Crippen LogP contribution in [0.15, 0.2) is 0 Å². The van der Waals surface area contributed by atoms with Gasteiger partial charge in [0.25, 0.3) is 0 Å². The molecule has 0 unspecified atom stereocenters. The molecule has 0 amide bonds. The molecule has 2 heteroatoms. The van der Waals surface area contributed by atoms with Crippen LogP contribution in [-0.2, 0) is 9.53 Å². The Balaban J connectivity index is 0. The lowest BCUT2D eigenvalue weighted by Gasteiger charge is -2.11. The Morgan fingerprint density at radius 3 is 1.77 bits per heavy atom. The largest absolute Gasteiger partial charge is 0.469 e. The van der Waals surface area contributed by atoms with Gasteiger partial charge in [0, 0.05) is 0 Å². The quantitative estimate of drug-likeness (QED) is 0.618.